The lowest BCUT2D eigenvalue weighted by Gasteiger charge is -2.16. The fraction of sp³-hybridized carbons (Fsp3) is 0.250. The molecule has 2 aromatic carbocycles. The van der Waals surface area contributed by atoms with Crippen LogP contribution >= 0.6 is 27.5 Å². The topological polar surface area (TPSA) is 30.5 Å². The van der Waals surface area contributed by atoms with Gasteiger partial charge in [0.15, 0.2) is 11.5 Å². The Hall–Kier alpha value is -1.23. The van der Waals surface area contributed by atoms with Crippen LogP contribution in [0.3, 0.4) is 0 Å². The molecule has 1 unspecified atom stereocenters. The molecule has 110 valence electrons. The van der Waals surface area contributed by atoms with E-state index in [1.807, 2.05) is 30.3 Å². The van der Waals surface area contributed by atoms with E-state index in [2.05, 4.69) is 34.2 Å². The van der Waals surface area contributed by atoms with Crippen LogP contribution in [0.2, 0.25) is 5.02 Å². The van der Waals surface area contributed by atoms with E-state index in [0.29, 0.717) is 23.1 Å². The molecule has 0 saturated carbocycles. The van der Waals surface area contributed by atoms with E-state index in [-0.39, 0.29) is 12.8 Å². The van der Waals surface area contributed by atoms with Crippen molar-refractivity contribution in [2.45, 2.75) is 19.5 Å². The average Bonchev–Trinajstić information content (AvgIpc) is 2.94. The molecule has 1 heterocycles. The third-order valence-electron chi connectivity index (χ3n) is 3.47. The van der Waals surface area contributed by atoms with Gasteiger partial charge in [0.25, 0.3) is 0 Å². The van der Waals surface area contributed by atoms with Gasteiger partial charge in [-0.15, -0.1) is 0 Å². The second kappa shape index (κ2) is 6.26. The summed E-state index contributed by atoms with van der Waals surface area (Å²) < 4.78 is 11.8. The lowest BCUT2D eigenvalue weighted by molar-refractivity contribution is 0.174. The van der Waals surface area contributed by atoms with Gasteiger partial charge in [0.2, 0.25) is 6.79 Å². The number of hydrogen-bond donors (Lipinski definition) is 1. The molecule has 0 spiro atoms. The van der Waals surface area contributed by atoms with Crippen molar-refractivity contribution in [1.82, 2.24) is 5.32 Å². The normalized spacial score (nSPS) is 14.2. The molecule has 21 heavy (non-hydrogen) atoms. The summed E-state index contributed by atoms with van der Waals surface area (Å²) in [6.45, 7) is 3.08. The fourth-order valence-corrected chi connectivity index (χ4v) is 3.25. The average molecular weight is 369 g/mol. The van der Waals surface area contributed by atoms with Crippen molar-refractivity contribution in [2.24, 2.45) is 0 Å². The number of ether oxygens (including phenoxy) is 2. The number of rotatable bonds is 4. The van der Waals surface area contributed by atoms with Crippen molar-refractivity contribution >= 4 is 27.5 Å². The van der Waals surface area contributed by atoms with Gasteiger partial charge < -0.3 is 14.8 Å². The van der Waals surface area contributed by atoms with Crippen molar-refractivity contribution in [3.63, 3.8) is 0 Å². The summed E-state index contributed by atoms with van der Waals surface area (Å²) >= 11 is 9.77. The summed E-state index contributed by atoms with van der Waals surface area (Å²) in [7, 11) is 0. The maximum absolute atomic E-state index is 6.19. The quantitative estimate of drug-likeness (QED) is 0.850. The van der Waals surface area contributed by atoms with E-state index in [9.17, 15) is 0 Å². The summed E-state index contributed by atoms with van der Waals surface area (Å²) in [5, 5.41) is 4.08. The molecule has 0 amide bonds. The van der Waals surface area contributed by atoms with Gasteiger partial charge in [-0.05, 0) is 36.2 Å². The van der Waals surface area contributed by atoms with Gasteiger partial charge in [-0.25, -0.2) is 0 Å². The van der Waals surface area contributed by atoms with Gasteiger partial charge in [0, 0.05) is 17.1 Å². The largest absolute Gasteiger partial charge is 0.454 e. The molecule has 0 bridgehead atoms. The number of nitrogens with one attached hydrogen (secondary N) is 1. The molecule has 1 aliphatic heterocycles. The molecule has 2 aromatic rings. The minimum atomic E-state index is 0.227. The molecule has 0 aliphatic carbocycles. The standard InChI is InChI=1S/C16H15BrClNO2/c1-10(12-4-2-3-5-13(12)17)19-8-11-6-14(18)16-15(7-11)20-9-21-16/h2-7,10,19H,8-9H2,1H3. The first kappa shape index (κ1) is 14.7. The lowest BCUT2D eigenvalue weighted by Crippen LogP contribution is -2.18. The van der Waals surface area contributed by atoms with E-state index in [1.54, 1.807) is 0 Å². The molecule has 1 aliphatic rings. The van der Waals surface area contributed by atoms with Crippen LogP contribution in [0.5, 0.6) is 11.5 Å². The maximum atomic E-state index is 6.19. The van der Waals surface area contributed by atoms with Crippen LogP contribution in [-0.2, 0) is 6.54 Å². The second-order valence-corrected chi connectivity index (χ2v) is 6.20. The molecule has 0 saturated heterocycles. The first-order chi connectivity index (χ1) is 10.1. The minimum Gasteiger partial charge on any atom is -0.454 e. The monoisotopic (exact) mass is 367 g/mol. The SMILES string of the molecule is CC(NCc1cc(Cl)c2c(c1)OCO2)c1ccccc1Br. The number of benzene rings is 2. The van der Waals surface area contributed by atoms with Crippen LogP contribution in [0.4, 0.5) is 0 Å². The highest BCUT2D eigenvalue weighted by Crippen LogP contribution is 2.39. The van der Waals surface area contributed by atoms with E-state index in [4.69, 9.17) is 21.1 Å². The van der Waals surface area contributed by atoms with E-state index < -0.39 is 0 Å². The molecule has 0 radical (unpaired) electrons. The summed E-state index contributed by atoms with van der Waals surface area (Å²) in [6.07, 6.45) is 0. The first-order valence-corrected chi connectivity index (χ1v) is 7.88. The predicted octanol–water partition coefficient (Wildman–Crippen LogP) is 4.68. The number of hydrogen-bond acceptors (Lipinski definition) is 3. The first-order valence-electron chi connectivity index (χ1n) is 6.71. The predicted molar refractivity (Wildman–Crippen MR) is 87.0 cm³/mol. The van der Waals surface area contributed by atoms with Crippen molar-refractivity contribution in [1.29, 1.82) is 0 Å². The Labute approximate surface area is 137 Å². The highest BCUT2D eigenvalue weighted by atomic mass is 79.9. The van der Waals surface area contributed by atoms with E-state index >= 15 is 0 Å². The molecule has 5 heteroatoms. The van der Waals surface area contributed by atoms with Gasteiger partial charge in [-0.1, -0.05) is 45.7 Å². The molecule has 0 fully saturated rings. The van der Waals surface area contributed by atoms with Crippen LogP contribution in [0.15, 0.2) is 40.9 Å². The zero-order chi connectivity index (χ0) is 14.8. The Balaban J connectivity index is 1.71. The van der Waals surface area contributed by atoms with Crippen molar-refractivity contribution in [3.05, 3.63) is 57.0 Å². The van der Waals surface area contributed by atoms with Gasteiger partial charge in [0.1, 0.15) is 0 Å². The van der Waals surface area contributed by atoms with Crippen LogP contribution in [0.25, 0.3) is 0 Å². The third kappa shape index (κ3) is 3.18. The molecule has 3 rings (SSSR count). The van der Waals surface area contributed by atoms with Gasteiger partial charge in [-0.2, -0.15) is 0 Å². The molecule has 0 aromatic heterocycles. The Bertz CT molecular complexity index is 663. The molecular weight excluding hydrogens is 354 g/mol. The highest BCUT2D eigenvalue weighted by molar-refractivity contribution is 9.10. The minimum absolute atomic E-state index is 0.227. The van der Waals surface area contributed by atoms with Crippen molar-refractivity contribution in [3.8, 4) is 11.5 Å². The molecule has 3 nitrogen and oxygen atoms in total. The van der Waals surface area contributed by atoms with Gasteiger partial charge in [0.05, 0.1) is 5.02 Å². The molecule has 1 N–H and O–H groups in total. The Morgan fingerprint density at radius 1 is 1.29 bits per heavy atom. The van der Waals surface area contributed by atoms with Crippen LogP contribution < -0.4 is 14.8 Å². The maximum Gasteiger partial charge on any atom is 0.231 e. The van der Waals surface area contributed by atoms with Crippen molar-refractivity contribution < 1.29 is 9.47 Å². The van der Waals surface area contributed by atoms with Crippen LogP contribution in [0.1, 0.15) is 24.1 Å². The lowest BCUT2D eigenvalue weighted by atomic mass is 10.1. The second-order valence-electron chi connectivity index (χ2n) is 4.94. The zero-order valence-corrected chi connectivity index (χ0v) is 13.9. The zero-order valence-electron chi connectivity index (χ0n) is 11.5. The molecule has 1 atom stereocenters. The summed E-state index contributed by atoms with van der Waals surface area (Å²) in [6, 6.07) is 12.3. The summed E-state index contributed by atoms with van der Waals surface area (Å²) in [4.78, 5) is 0. The van der Waals surface area contributed by atoms with Crippen molar-refractivity contribution in [2.75, 3.05) is 6.79 Å². The smallest absolute Gasteiger partial charge is 0.231 e. The van der Waals surface area contributed by atoms with E-state index in [1.165, 1.54) is 5.56 Å². The number of fused-ring (bicyclic) bond motifs is 1. The summed E-state index contributed by atoms with van der Waals surface area (Å²) in [5.74, 6) is 1.35. The Morgan fingerprint density at radius 2 is 2.10 bits per heavy atom. The Kier molecular flexibility index (Phi) is 4.38. The van der Waals surface area contributed by atoms with Gasteiger partial charge in [-0.3, -0.25) is 0 Å². The van der Waals surface area contributed by atoms with Gasteiger partial charge >= 0.3 is 0 Å². The summed E-state index contributed by atoms with van der Waals surface area (Å²) in [5.41, 5.74) is 2.30. The highest BCUT2D eigenvalue weighted by Gasteiger charge is 2.18. The number of halogens is 2. The van der Waals surface area contributed by atoms with Crippen LogP contribution in [-0.4, -0.2) is 6.79 Å². The van der Waals surface area contributed by atoms with Crippen LogP contribution in [0, 0.1) is 0 Å². The fourth-order valence-electron chi connectivity index (χ4n) is 2.33. The third-order valence-corrected chi connectivity index (χ3v) is 4.47. The van der Waals surface area contributed by atoms with E-state index in [0.717, 1.165) is 10.0 Å². The molecular formula is C16H15BrClNO2. The Morgan fingerprint density at radius 3 is 2.90 bits per heavy atom.